The van der Waals surface area contributed by atoms with Crippen molar-refractivity contribution in [2.45, 2.75) is 38.4 Å². The molecule has 1 amide bonds. The number of nitrogens with one attached hydrogen (secondary N) is 1. The second-order valence-electron chi connectivity index (χ2n) is 4.95. The summed E-state index contributed by atoms with van der Waals surface area (Å²) >= 11 is 0. The zero-order chi connectivity index (χ0) is 15.3. The number of carboxylic acids is 1. The number of piperidine rings is 1. The Bertz CT molecular complexity index is 354. The number of likely N-dealkylation sites (tertiary alicyclic amines) is 1. The van der Waals surface area contributed by atoms with Gasteiger partial charge in [0.05, 0.1) is 6.04 Å². The Kier molecular flexibility index (Phi) is 5.79. The molecule has 1 rings (SSSR count). The van der Waals surface area contributed by atoms with E-state index in [4.69, 9.17) is 5.11 Å². The maximum atomic E-state index is 12.5. The quantitative estimate of drug-likeness (QED) is 0.801. The first-order chi connectivity index (χ1) is 9.23. The smallest absolute Gasteiger partial charge is 0.403 e. The third kappa shape index (κ3) is 4.66. The SMILES string of the molecule is CC(NCC(C(=O)O)C(F)(F)F)C(=O)N1CCCCC1. The molecule has 1 fully saturated rings. The molecule has 1 heterocycles. The molecule has 8 heteroatoms. The van der Waals surface area contributed by atoms with Crippen molar-refractivity contribution in [3.05, 3.63) is 0 Å². The summed E-state index contributed by atoms with van der Waals surface area (Å²) < 4.78 is 37.4. The summed E-state index contributed by atoms with van der Waals surface area (Å²) in [6.07, 6.45) is -2.01. The van der Waals surface area contributed by atoms with Crippen molar-refractivity contribution in [3.8, 4) is 0 Å². The van der Waals surface area contributed by atoms with Crippen molar-refractivity contribution in [2.24, 2.45) is 5.92 Å². The van der Waals surface area contributed by atoms with Crippen LogP contribution in [0.5, 0.6) is 0 Å². The molecule has 1 saturated heterocycles. The summed E-state index contributed by atoms with van der Waals surface area (Å²) in [5.41, 5.74) is 0. The predicted molar refractivity (Wildman–Crippen MR) is 65.1 cm³/mol. The van der Waals surface area contributed by atoms with Crippen LogP contribution in [0.15, 0.2) is 0 Å². The van der Waals surface area contributed by atoms with Gasteiger partial charge in [0, 0.05) is 19.6 Å². The standard InChI is InChI=1S/C12H19F3N2O3/c1-8(10(18)17-5-3-2-4-6-17)16-7-9(11(19)20)12(13,14)15/h8-9,16H,2-7H2,1H3,(H,19,20). The minimum atomic E-state index is -4.83. The largest absolute Gasteiger partial charge is 0.481 e. The monoisotopic (exact) mass is 296 g/mol. The van der Waals surface area contributed by atoms with Crippen molar-refractivity contribution in [3.63, 3.8) is 0 Å². The predicted octanol–water partition coefficient (Wildman–Crippen LogP) is 1.24. The number of aliphatic carboxylic acids is 1. The Morgan fingerprint density at radius 3 is 2.25 bits per heavy atom. The molecule has 5 nitrogen and oxygen atoms in total. The Labute approximate surface area is 115 Å². The molecular weight excluding hydrogens is 277 g/mol. The Morgan fingerprint density at radius 2 is 1.80 bits per heavy atom. The van der Waals surface area contributed by atoms with Gasteiger partial charge < -0.3 is 15.3 Å². The second kappa shape index (κ2) is 6.92. The average molecular weight is 296 g/mol. The van der Waals surface area contributed by atoms with Crippen LogP contribution < -0.4 is 5.32 Å². The number of halogens is 3. The van der Waals surface area contributed by atoms with Gasteiger partial charge in [0.15, 0.2) is 5.92 Å². The van der Waals surface area contributed by atoms with E-state index in [1.54, 1.807) is 4.90 Å². The van der Waals surface area contributed by atoms with E-state index in [1.165, 1.54) is 6.92 Å². The first-order valence-corrected chi connectivity index (χ1v) is 6.55. The van der Waals surface area contributed by atoms with Crippen LogP contribution in [0.1, 0.15) is 26.2 Å². The summed E-state index contributed by atoms with van der Waals surface area (Å²) in [6.45, 7) is 1.85. The maximum Gasteiger partial charge on any atom is 0.403 e. The van der Waals surface area contributed by atoms with Crippen molar-refractivity contribution >= 4 is 11.9 Å². The fourth-order valence-corrected chi connectivity index (χ4v) is 2.11. The molecule has 0 aliphatic carbocycles. The van der Waals surface area contributed by atoms with Crippen LogP contribution in [0.4, 0.5) is 13.2 Å². The Morgan fingerprint density at radius 1 is 1.25 bits per heavy atom. The summed E-state index contributed by atoms with van der Waals surface area (Å²) in [4.78, 5) is 24.1. The topological polar surface area (TPSA) is 69.6 Å². The van der Waals surface area contributed by atoms with Gasteiger partial charge >= 0.3 is 12.1 Å². The summed E-state index contributed by atoms with van der Waals surface area (Å²) in [5.74, 6) is -4.72. The molecule has 0 spiro atoms. The zero-order valence-electron chi connectivity index (χ0n) is 11.2. The van der Waals surface area contributed by atoms with E-state index in [-0.39, 0.29) is 5.91 Å². The fourth-order valence-electron chi connectivity index (χ4n) is 2.11. The van der Waals surface area contributed by atoms with Crippen LogP contribution in [0.3, 0.4) is 0 Å². The van der Waals surface area contributed by atoms with Gasteiger partial charge in [-0.2, -0.15) is 13.2 Å². The van der Waals surface area contributed by atoms with E-state index in [1.807, 2.05) is 0 Å². The lowest BCUT2D eigenvalue weighted by molar-refractivity contribution is -0.192. The lowest BCUT2D eigenvalue weighted by atomic mass is 10.1. The van der Waals surface area contributed by atoms with Gasteiger partial charge in [-0.15, -0.1) is 0 Å². The molecular formula is C12H19F3N2O3. The molecule has 0 saturated carbocycles. The van der Waals surface area contributed by atoms with Gasteiger partial charge in [-0.25, -0.2) is 0 Å². The third-order valence-corrected chi connectivity index (χ3v) is 3.36. The summed E-state index contributed by atoms with van der Waals surface area (Å²) in [5, 5.41) is 10.9. The lowest BCUT2D eigenvalue weighted by Gasteiger charge is -2.30. The molecule has 0 aromatic rings. The number of carboxylic acid groups (broad SMARTS) is 1. The van der Waals surface area contributed by atoms with Crippen molar-refractivity contribution in [1.82, 2.24) is 10.2 Å². The summed E-state index contributed by atoms with van der Waals surface area (Å²) in [6, 6.07) is -0.822. The molecule has 116 valence electrons. The third-order valence-electron chi connectivity index (χ3n) is 3.36. The van der Waals surface area contributed by atoms with E-state index in [9.17, 15) is 22.8 Å². The van der Waals surface area contributed by atoms with Crippen LogP contribution in [0, 0.1) is 5.92 Å². The van der Waals surface area contributed by atoms with Crippen molar-refractivity contribution in [2.75, 3.05) is 19.6 Å². The highest BCUT2D eigenvalue weighted by Gasteiger charge is 2.45. The van der Waals surface area contributed by atoms with Crippen molar-refractivity contribution in [1.29, 1.82) is 0 Å². The van der Waals surface area contributed by atoms with Gasteiger partial charge in [0.25, 0.3) is 0 Å². The highest BCUT2D eigenvalue weighted by molar-refractivity contribution is 5.81. The molecule has 0 bridgehead atoms. The zero-order valence-corrected chi connectivity index (χ0v) is 11.2. The number of rotatable bonds is 5. The van der Waals surface area contributed by atoms with E-state index in [0.717, 1.165) is 19.3 Å². The van der Waals surface area contributed by atoms with Crippen LogP contribution >= 0.6 is 0 Å². The highest BCUT2D eigenvalue weighted by Crippen LogP contribution is 2.26. The first kappa shape index (κ1) is 16.7. The molecule has 0 radical (unpaired) electrons. The Hall–Kier alpha value is -1.31. The average Bonchev–Trinajstić information content (AvgIpc) is 2.36. The van der Waals surface area contributed by atoms with Gasteiger partial charge in [-0.1, -0.05) is 0 Å². The van der Waals surface area contributed by atoms with E-state index >= 15 is 0 Å². The van der Waals surface area contributed by atoms with E-state index in [0.29, 0.717) is 13.1 Å². The fraction of sp³-hybridized carbons (Fsp3) is 0.833. The summed E-state index contributed by atoms with van der Waals surface area (Å²) in [7, 11) is 0. The minimum Gasteiger partial charge on any atom is -0.481 e. The maximum absolute atomic E-state index is 12.5. The minimum absolute atomic E-state index is 0.281. The number of carbonyl (C=O) groups excluding carboxylic acids is 1. The first-order valence-electron chi connectivity index (χ1n) is 6.55. The lowest BCUT2D eigenvalue weighted by Crippen LogP contribution is -2.50. The van der Waals surface area contributed by atoms with Crippen LogP contribution in [-0.2, 0) is 9.59 Å². The van der Waals surface area contributed by atoms with Crippen LogP contribution in [0.25, 0.3) is 0 Å². The number of hydrogen-bond donors (Lipinski definition) is 2. The highest BCUT2D eigenvalue weighted by atomic mass is 19.4. The van der Waals surface area contributed by atoms with Gasteiger partial charge in [-0.3, -0.25) is 9.59 Å². The normalized spacial score (nSPS) is 19.5. The molecule has 2 N–H and O–H groups in total. The Balaban J connectivity index is 2.50. The van der Waals surface area contributed by atoms with Crippen LogP contribution in [-0.4, -0.2) is 53.7 Å². The molecule has 0 aromatic carbocycles. The van der Waals surface area contributed by atoms with E-state index < -0.39 is 30.7 Å². The van der Waals surface area contributed by atoms with Crippen molar-refractivity contribution < 1.29 is 27.9 Å². The molecule has 2 atom stereocenters. The molecule has 1 aliphatic rings. The molecule has 2 unspecified atom stereocenters. The molecule has 1 aliphatic heterocycles. The molecule has 0 aromatic heterocycles. The number of nitrogens with zero attached hydrogens (tertiary/aromatic N) is 1. The number of carbonyl (C=O) groups is 2. The number of amides is 1. The van der Waals surface area contributed by atoms with Gasteiger partial charge in [0.2, 0.25) is 5.91 Å². The number of hydrogen-bond acceptors (Lipinski definition) is 3. The second-order valence-corrected chi connectivity index (χ2v) is 4.95. The van der Waals surface area contributed by atoms with Gasteiger partial charge in [-0.05, 0) is 26.2 Å². The molecule has 20 heavy (non-hydrogen) atoms. The van der Waals surface area contributed by atoms with Gasteiger partial charge in [0.1, 0.15) is 0 Å². The van der Waals surface area contributed by atoms with Crippen LogP contribution in [0.2, 0.25) is 0 Å². The number of alkyl halides is 3. The van der Waals surface area contributed by atoms with E-state index in [2.05, 4.69) is 5.32 Å².